The highest BCUT2D eigenvalue weighted by Gasteiger charge is 2.38. The summed E-state index contributed by atoms with van der Waals surface area (Å²) in [5.74, 6) is -0.191. The number of aliphatic hydroxyl groups is 2. The molecule has 1 saturated heterocycles. The van der Waals surface area contributed by atoms with Gasteiger partial charge in [0.05, 0.1) is 35.6 Å². The van der Waals surface area contributed by atoms with Crippen LogP contribution in [0.4, 0.5) is 10.3 Å². The molecule has 1 aromatic rings. The van der Waals surface area contributed by atoms with Gasteiger partial charge in [-0.25, -0.2) is 7.58 Å². The van der Waals surface area contributed by atoms with Gasteiger partial charge in [0.1, 0.15) is 6.10 Å². The number of aliphatic hydroxyl groups excluding tert-OH is 2. The van der Waals surface area contributed by atoms with E-state index in [9.17, 15) is 14.4 Å². The average Bonchev–Trinajstić information content (AvgIpc) is 2.73. The summed E-state index contributed by atoms with van der Waals surface area (Å²) < 4.78 is 20.2. The van der Waals surface area contributed by atoms with E-state index in [1.54, 1.807) is 22.9 Å². The molecule has 100 valence electrons. The molecule has 0 bridgehead atoms. The van der Waals surface area contributed by atoms with Crippen LogP contribution in [0.3, 0.4) is 0 Å². The number of halogens is 2. The highest BCUT2D eigenvalue weighted by atomic mass is 127. The van der Waals surface area contributed by atoms with Crippen molar-refractivity contribution in [3.63, 3.8) is 0 Å². The van der Waals surface area contributed by atoms with Crippen molar-refractivity contribution in [2.24, 2.45) is 0 Å². The second kappa shape index (κ2) is 5.47. The van der Waals surface area contributed by atoms with Crippen molar-refractivity contribution in [3.05, 3.63) is 22.7 Å². The second-order valence-corrected chi connectivity index (χ2v) is 4.85. The Balaban J connectivity index is 2.14. The molecule has 0 aliphatic carbocycles. The minimum atomic E-state index is -1.06. The highest BCUT2D eigenvalue weighted by Crippen LogP contribution is 2.26. The Morgan fingerprint density at radius 1 is 1.72 bits per heavy atom. The zero-order valence-electron chi connectivity index (χ0n) is 9.11. The lowest BCUT2D eigenvalue weighted by molar-refractivity contribution is -0.0330. The zero-order valence-corrected chi connectivity index (χ0v) is 11.3. The molecule has 2 rings (SSSR count). The minimum absolute atomic E-state index is 0.00325. The Labute approximate surface area is 115 Å². The predicted octanol–water partition coefficient (Wildman–Crippen LogP) is -0.400. The van der Waals surface area contributed by atoms with Gasteiger partial charge in [-0.2, -0.15) is 10.1 Å². The van der Waals surface area contributed by atoms with Gasteiger partial charge < -0.3 is 14.9 Å². The molecule has 3 atom stereocenters. The number of hydrogen-bond donors (Lipinski definition) is 2. The second-order valence-electron chi connectivity index (χ2n) is 3.81. The summed E-state index contributed by atoms with van der Waals surface area (Å²) in [5, 5.41) is 18.6. The molecule has 0 spiro atoms. The molecule has 2 N–H and O–H groups in total. The molecular weight excluding hydrogens is 360 g/mol. The SMILES string of the molecule is O=c1nc(N(F)C2C[C@H](O)[C@@H](CO)O2)ccn1I. The third-order valence-electron chi connectivity index (χ3n) is 2.60. The molecule has 0 aromatic carbocycles. The standard InChI is InChI=1S/C9H11FIN3O4/c10-14(7-1-2-13(11)9(17)12-7)8-3-5(16)6(4-15)18-8/h1-2,5-6,8,15-16H,3-4H2/t5-,6+,8?/m0/s1. The van der Waals surface area contributed by atoms with E-state index in [1.807, 2.05) is 0 Å². The van der Waals surface area contributed by atoms with Crippen molar-refractivity contribution in [2.45, 2.75) is 24.9 Å². The number of anilines is 1. The Kier molecular flexibility index (Phi) is 4.14. The quantitative estimate of drug-likeness (QED) is 0.556. The zero-order chi connectivity index (χ0) is 13.3. The Morgan fingerprint density at radius 2 is 2.44 bits per heavy atom. The molecule has 0 radical (unpaired) electrons. The van der Waals surface area contributed by atoms with Crippen LogP contribution in [0.2, 0.25) is 0 Å². The van der Waals surface area contributed by atoms with Gasteiger partial charge >= 0.3 is 5.69 Å². The first-order valence-electron chi connectivity index (χ1n) is 5.18. The van der Waals surface area contributed by atoms with E-state index in [-0.39, 0.29) is 17.4 Å². The van der Waals surface area contributed by atoms with Gasteiger partial charge in [-0.1, -0.05) is 4.48 Å². The van der Waals surface area contributed by atoms with Crippen LogP contribution < -0.4 is 10.8 Å². The molecule has 1 aliphatic heterocycles. The fourth-order valence-corrected chi connectivity index (χ4v) is 1.93. The third-order valence-corrected chi connectivity index (χ3v) is 3.34. The van der Waals surface area contributed by atoms with Gasteiger partial charge in [0.25, 0.3) is 0 Å². The van der Waals surface area contributed by atoms with E-state index in [4.69, 9.17) is 9.84 Å². The van der Waals surface area contributed by atoms with Crippen molar-refractivity contribution in [3.8, 4) is 0 Å². The molecule has 2 heterocycles. The highest BCUT2D eigenvalue weighted by molar-refractivity contribution is 14.1. The molecule has 1 aliphatic rings. The Morgan fingerprint density at radius 3 is 3.00 bits per heavy atom. The molecule has 9 heteroatoms. The lowest BCUT2D eigenvalue weighted by Gasteiger charge is -2.19. The van der Waals surface area contributed by atoms with Gasteiger partial charge in [-0.15, -0.1) is 0 Å². The molecular formula is C9H11FIN3O4. The predicted molar refractivity (Wildman–Crippen MR) is 67.9 cm³/mol. The van der Waals surface area contributed by atoms with Crippen LogP contribution in [-0.2, 0) is 4.74 Å². The molecule has 0 amide bonds. The summed E-state index contributed by atoms with van der Waals surface area (Å²) in [7, 11) is 0. The van der Waals surface area contributed by atoms with Crippen LogP contribution in [0, 0.1) is 0 Å². The maximum absolute atomic E-state index is 13.9. The van der Waals surface area contributed by atoms with Gasteiger partial charge in [0, 0.05) is 18.7 Å². The van der Waals surface area contributed by atoms with Crippen molar-refractivity contribution >= 4 is 28.7 Å². The van der Waals surface area contributed by atoms with Crippen molar-refractivity contribution in [1.29, 1.82) is 0 Å². The number of rotatable bonds is 3. The summed E-state index contributed by atoms with van der Waals surface area (Å²) in [6.45, 7) is -0.395. The fourth-order valence-electron chi connectivity index (χ4n) is 1.66. The third kappa shape index (κ3) is 2.63. The molecule has 1 unspecified atom stereocenters. The maximum atomic E-state index is 13.9. The topological polar surface area (TPSA) is 87.8 Å². The van der Waals surface area contributed by atoms with E-state index < -0.39 is 30.7 Å². The van der Waals surface area contributed by atoms with Crippen LogP contribution in [0.1, 0.15) is 6.42 Å². The van der Waals surface area contributed by atoms with E-state index in [2.05, 4.69) is 4.98 Å². The number of nitrogens with zero attached hydrogens (tertiary/aromatic N) is 3. The van der Waals surface area contributed by atoms with Gasteiger partial charge in [0.2, 0.25) is 0 Å². The maximum Gasteiger partial charge on any atom is 0.358 e. The van der Waals surface area contributed by atoms with Crippen LogP contribution in [0.5, 0.6) is 0 Å². The van der Waals surface area contributed by atoms with Crippen molar-refractivity contribution in [2.75, 3.05) is 11.7 Å². The number of hydrogen-bond acceptors (Lipinski definition) is 6. The first-order valence-corrected chi connectivity index (χ1v) is 6.14. The van der Waals surface area contributed by atoms with Crippen LogP contribution >= 0.6 is 22.9 Å². The average molecular weight is 371 g/mol. The Bertz CT molecular complexity index is 485. The van der Waals surface area contributed by atoms with Crippen molar-refractivity contribution in [1.82, 2.24) is 7.76 Å². The lowest BCUT2D eigenvalue weighted by atomic mass is 10.2. The van der Waals surface area contributed by atoms with Gasteiger partial charge in [-0.3, -0.25) is 0 Å². The smallest absolute Gasteiger partial charge is 0.358 e. The van der Waals surface area contributed by atoms with Crippen LogP contribution in [0.25, 0.3) is 0 Å². The van der Waals surface area contributed by atoms with Crippen LogP contribution in [0.15, 0.2) is 17.1 Å². The molecule has 1 fully saturated rings. The normalized spacial score (nSPS) is 27.4. The van der Waals surface area contributed by atoms with Crippen molar-refractivity contribution < 1.29 is 19.4 Å². The van der Waals surface area contributed by atoms with Gasteiger partial charge in [0.15, 0.2) is 12.0 Å². The summed E-state index contributed by atoms with van der Waals surface area (Å²) in [4.78, 5) is 14.8. The molecule has 18 heavy (non-hydrogen) atoms. The summed E-state index contributed by atoms with van der Waals surface area (Å²) in [6, 6.07) is 1.32. The monoisotopic (exact) mass is 371 g/mol. The van der Waals surface area contributed by atoms with Crippen LogP contribution in [-0.4, -0.2) is 43.0 Å². The van der Waals surface area contributed by atoms with E-state index in [1.165, 1.54) is 15.0 Å². The number of aromatic nitrogens is 2. The minimum Gasteiger partial charge on any atom is -0.394 e. The summed E-state index contributed by atoms with van der Waals surface area (Å²) in [6.07, 6.45) is -1.46. The van der Waals surface area contributed by atoms with E-state index in [0.717, 1.165) is 0 Å². The van der Waals surface area contributed by atoms with Gasteiger partial charge in [-0.05, 0) is 0 Å². The van der Waals surface area contributed by atoms with E-state index in [0.29, 0.717) is 0 Å². The Hall–Kier alpha value is -0.780. The molecule has 1 aromatic heterocycles. The lowest BCUT2D eigenvalue weighted by Crippen LogP contribution is -2.31. The fraction of sp³-hybridized carbons (Fsp3) is 0.556. The molecule has 0 saturated carbocycles. The first kappa shape index (κ1) is 13.6. The first-order chi connectivity index (χ1) is 8.52. The number of ether oxygens (including phenoxy) is 1. The largest absolute Gasteiger partial charge is 0.394 e. The summed E-state index contributed by atoms with van der Waals surface area (Å²) in [5.41, 5.74) is -0.604. The summed E-state index contributed by atoms with van der Waals surface area (Å²) >= 11 is 1.72. The van der Waals surface area contributed by atoms with E-state index >= 15 is 0 Å². The molecule has 7 nitrogen and oxygen atoms in total.